The Morgan fingerprint density at radius 2 is 1.80 bits per heavy atom. The highest BCUT2D eigenvalue weighted by molar-refractivity contribution is 6.34. The van der Waals surface area contributed by atoms with E-state index in [1.54, 1.807) is 30.3 Å². The number of nitrogens with one attached hydrogen (secondary N) is 6. The molecule has 0 fully saturated rings. The fourth-order valence-electron chi connectivity index (χ4n) is 4.40. The molecule has 2 heterocycles. The number of fused-ring (bicyclic) bond motifs is 1. The first-order valence-corrected chi connectivity index (χ1v) is 13.2. The summed E-state index contributed by atoms with van der Waals surface area (Å²) < 4.78 is 6.06. The van der Waals surface area contributed by atoms with Gasteiger partial charge in [-0.15, -0.1) is 0 Å². The first-order valence-electron chi connectivity index (χ1n) is 13.2. The van der Waals surface area contributed by atoms with Crippen LogP contribution in [0.5, 0.6) is 11.5 Å². The molecule has 1 aromatic heterocycles. The second-order valence-corrected chi connectivity index (χ2v) is 9.65. The number of hydrazine groups is 1. The van der Waals surface area contributed by atoms with Gasteiger partial charge in [0.05, 0.1) is 17.0 Å². The van der Waals surface area contributed by atoms with Crippen LogP contribution in [0.1, 0.15) is 32.7 Å². The molecule has 9 nitrogen and oxygen atoms in total. The van der Waals surface area contributed by atoms with Gasteiger partial charge in [0.15, 0.2) is 0 Å². The van der Waals surface area contributed by atoms with Gasteiger partial charge >= 0.3 is 0 Å². The largest absolute Gasteiger partial charge is 0.457 e. The predicted octanol–water partition coefficient (Wildman–Crippen LogP) is 5.14. The van der Waals surface area contributed by atoms with E-state index in [2.05, 4.69) is 38.4 Å². The molecule has 1 aliphatic heterocycles. The number of amides is 2. The summed E-state index contributed by atoms with van der Waals surface area (Å²) in [6.45, 7) is 7.57. The van der Waals surface area contributed by atoms with Crippen molar-refractivity contribution < 1.29 is 14.3 Å². The molecule has 0 atom stereocenters. The third kappa shape index (κ3) is 6.73. The Kier molecular flexibility index (Phi) is 8.28. The van der Waals surface area contributed by atoms with E-state index >= 15 is 0 Å². The molecule has 1 aliphatic rings. The zero-order valence-electron chi connectivity index (χ0n) is 22.9. The van der Waals surface area contributed by atoms with Gasteiger partial charge in [0.2, 0.25) is 0 Å². The van der Waals surface area contributed by atoms with Crippen LogP contribution in [0.4, 0.5) is 11.4 Å². The molecule has 0 aliphatic carbocycles. The third-order valence-corrected chi connectivity index (χ3v) is 6.47. The normalized spacial score (nSPS) is 13.0. The van der Waals surface area contributed by atoms with Gasteiger partial charge in [0, 0.05) is 59.5 Å². The van der Waals surface area contributed by atoms with Crippen molar-refractivity contribution in [1.29, 1.82) is 0 Å². The number of ether oxygens (including phenoxy) is 1. The Balaban J connectivity index is 1.26. The van der Waals surface area contributed by atoms with Gasteiger partial charge in [-0.05, 0) is 62.5 Å². The molecule has 2 amide bonds. The molecule has 41 heavy (non-hydrogen) atoms. The number of carbonyl (C=O) groups is 2. The number of H-pyrrole nitrogens is 1. The van der Waals surface area contributed by atoms with Gasteiger partial charge in [-0.1, -0.05) is 30.3 Å². The molecule has 6 N–H and O–H groups in total. The van der Waals surface area contributed by atoms with E-state index in [-0.39, 0.29) is 11.8 Å². The Labute approximate surface area is 238 Å². The fourth-order valence-corrected chi connectivity index (χ4v) is 4.40. The molecular formula is C32H32N6O3. The van der Waals surface area contributed by atoms with Gasteiger partial charge in [-0.25, -0.2) is 5.43 Å². The van der Waals surface area contributed by atoms with Crippen molar-refractivity contribution in [3.8, 4) is 11.5 Å². The van der Waals surface area contributed by atoms with Crippen LogP contribution >= 0.6 is 0 Å². The number of aromatic nitrogens is 1. The van der Waals surface area contributed by atoms with Crippen molar-refractivity contribution in [1.82, 2.24) is 21.2 Å². The van der Waals surface area contributed by atoms with Crippen LogP contribution < -0.4 is 31.5 Å². The first kappa shape index (κ1) is 27.4. The summed E-state index contributed by atoms with van der Waals surface area (Å²) >= 11 is 0. The molecule has 208 valence electrons. The third-order valence-electron chi connectivity index (χ3n) is 6.47. The number of aromatic amines is 1. The number of hydrogen-bond acceptors (Lipinski definition) is 6. The summed E-state index contributed by atoms with van der Waals surface area (Å²) in [5.74, 6) is 0.726. The van der Waals surface area contributed by atoms with Crippen LogP contribution in [0.15, 0.2) is 85.6 Å². The maximum Gasteiger partial charge on any atom is 0.256 e. The van der Waals surface area contributed by atoms with Crippen LogP contribution in [0.25, 0.3) is 17.3 Å². The zero-order chi connectivity index (χ0) is 28.8. The van der Waals surface area contributed by atoms with Gasteiger partial charge in [-0.2, -0.15) is 0 Å². The molecule has 0 spiro atoms. The lowest BCUT2D eigenvalue weighted by Gasteiger charge is -2.10. The Morgan fingerprint density at radius 3 is 2.63 bits per heavy atom. The number of hydrogen-bond donors (Lipinski definition) is 6. The van der Waals surface area contributed by atoms with E-state index in [0.717, 1.165) is 41.2 Å². The van der Waals surface area contributed by atoms with Gasteiger partial charge < -0.3 is 31.1 Å². The molecular weight excluding hydrogens is 516 g/mol. The quantitative estimate of drug-likeness (QED) is 0.0877. The first-order chi connectivity index (χ1) is 19.9. The molecule has 0 unspecified atom stereocenters. The number of rotatable bonds is 11. The highest BCUT2D eigenvalue weighted by Crippen LogP contribution is 2.37. The van der Waals surface area contributed by atoms with Crippen LogP contribution in [-0.4, -0.2) is 36.9 Å². The molecule has 4 aromatic rings. The van der Waals surface area contributed by atoms with Crippen LogP contribution in [0.3, 0.4) is 0 Å². The summed E-state index contributed by atoms with van der Waals surface area (Å²) in [5, 5.41) is 8.89. The summed E-state index contributed by atoms with van der Waals surface area (Å²) in [7, 11) is 1.89. The second-order valence-electron chi connectivity index (χ2n) is 9.65. The van der Waals surface area contributed by atoms with Crippen molar-refractivity contribution in [2.75, 3.05) is 30.8 Å². The minimum atomic E-state index is -0.195. The maximum absolute atomic E-state index is 12.8. The monoisotopic (exact) mass is 548 g/mol. The average molecular weight is 549 g/mol. The Morgan fingerprint density at radius 1 is 0.976 bits per heavy atom. The van der Waals surface area contributed by atoms with E-state index in [0.29, 0.717) is 34.0 Å². The second kappa shape index (κ2) is 12.4. The molecule has 3 aromatic carbocycles. The number of benzene rings is 3. The van der Waals surface area contributed by atoms with E-state index in [1.807, 2.05) is 68.7 Å². The van der Waals surface area contributed by atoms with E-state index in [1.165, 1.54) is 0 Å². The van der Waals surface area contributed by atoms with E-state index in [4.69, 9.17) is 4.74 Å². The van der Waals surface area contributed by atoms with Crippen molar-refractivity contribution >= 4 is 40.5 Å². The minimum Gasteiger partial charge on any atom is -0.457 e. The number of anilines is 2. The van der Waals surface area contributed by atoms with Crippen LogP contribution in [0, 0.1) is 6.92 Å². The summed E-state index contributed by atoms with van der Waals surface area (Å²) in [6.07, 6.45) is 3.65. The average Bonchev–Trinajstić information content (AvgIpc) is 3.55. The lowest BCUT2D eigenvalue weighted by molar-refractivity contribution is -0.110. The SMILES string of the molecule is C=C(NNCCNC)c1c[nH]c(/C=C2\C(=O)Nc3cc(Oc4cccc(NC(=O)c5cccc(C)c5)c4)ccc32)c1. The standard InChI is InChI=1S/C32H32N6O3/c1-20-6-4-7-22(14-20)31(39)36-24-8-5-9-26(16-24)41-27-10-11-28-29(32(40)37-30(28)18-27)17-25-15-23(19-34-25)21(2)38-35-13-12-33-3/h4-11,14-19,33-35,38H,2,12-13H2,1,3H3,(H,36,39)(H,37,40)/b29-17-. The topological polar surface area (TPSA) is 119 Å². The molecule has 0 radical (unpaired) electrons. The minimum absolute atomic E-state index is 0.193. The molecule has 0 saturated heterocycles. The number of likely N-dealkylation sites (N-methyl/N-ethyl adjacent to an activating group) is 1. The number of aryl methyl sites for hydroxylation is 1. The van der Waals surface area contributed by atoms with Crippen molar-refractivity contribution in [2.45, 2.75) is 6.92 Å². The summed E-state index contributed by atoms with van der Waals surface area (Å²) in [4.78, 5) is 28.6. The van der Waals surface area contributed by atoms with Crippen LogP contribution in [-0.2, 0) is 4.79 Å². The molecule has 0 bridgehead atoms. The summed E-state index contributed by atoms with van der Waals surface area (Å²) in [5.41, 5.74) is 12.8. The highest BCUT2D eigenvalue weighted by atomic mass is 16.5. The predicted molar refractivity (Wildman–Crippen MR) is 163 cm³/mol. The Bertz CT molecular complexity index is 1640. The fraction of sp³-hybridized carbons (Fsp3) is 0.125. The molecule has 9 heteroatoms. The van der Waals surface area contributed by atoms with Crippen molar-refractivity contribution in [2.24, 2.45) is 0 Å². The smallest absolute Gasteiger partial charge is 0.256 e. The van der Waals surface area contributed by atoms with Gasteiger partial charge in [0.25, 0.3) is 11.8 Å². The van der Waals surface area contributed by atoms with E-state index in [9.17, 15) is 9.59 Å². The lowest BCUT2D eigenvalue weighted by atomic mass is 10.1. The summed E-state index contributed by atoms with van der Waals surface area (Å²) in [6, 6.07) is 22.0. The lowest BCUT2D eigenvalue weighted by Crippen LogP contribution is -2.35. The van der Waals surface area contributed by atoms with E-state index < -0.39 is 0 Å². The number of carbonyl (C=O) groups excluding carboxylic acids is 2. The zero-order valence-corrected chi connectivity index (χ0v) is 22.9. The molecule has 5 rings (SSSR count). The highest BCUT2D eigenvalue weighted by Gasteiger charge is 2.25. The maximum atomic E-state index is 12.8. The van der Waals surface area contributed by atoms with Gasteiger partial charge in [0.1, 0.15) is 11.5 Å². The van der Waals surface area contributed by atoms with Crippen molar-refractivity contribution in [3.05, 3.63) is 114 Å². The molecule has 0 saturated carbocycles. The van der Waals surface area contributed by atoms with Crippen molar-refractivity contribution in [3.63, 3.8) is 0 Å². The Hall–Kier alpha value is -5.12. The van der Waals surface area contributed by atoms with Gasteiger partial charge in [-0.3, -0.25) is 9.59 Å². The van der Waals surface area contributed by atoms with Crippen LogP contribution in [0.2, 0.25) is 0 Å².